The smallest absolute Gasteiger partial charge is 0.234 e. The highest BCUT2D eigenvalue weighted by atomic mass is 19.1. The molecule has 1 aliphatic rings. The minimum absolute atomic E-state index is 0.00807. The fraction of sp³-hybridized carbons (Fsp3) is 0.474. The maximum Gasteiger partial charge on any atom is 0.234 e. The van der Waals surface area contributed by atoms with Gasteiger partial charge in [0.15, 0.2) is 5.76 Å². The van der Waals surface area contributed by atoms with Gasteiger partial charge in [-0.3, -0.25) is 14.6 Å². The van der Waals surface area contributed by atoms with Gasteiger partial charge in [0, 0.05) is 38.8 Å². The van der Waals surface area contributed by atoms with Gasteiger partial charge in [0.2, 0.25) is 5.91 Å². The topological polar surface area (TPSA) is 61.6 Å². The molecule has 0 bridgehead atoms. The molecule has 1 N–H and O–H groups in total. The zero-order valence-electron chi connectivity index (χ0n) is 15.3. The van der Waals surface area contributed by atoms with E-state index in [9.17, 15) is 9.18 Å². The number of piperazine rings is 1. The third-order valence-electron chi connectivity index (χ3n) is 4.60. The van der Waals surface area contributed by atoms with Crippen molar-refractivity contribution in [3.8, 4) is 0 Å². The molecule has 1 aromatic carbocycles. The molecule has 7 heteroatoms. The number of rotatable bonds is 6. The van der Waals surface area contributed by atoms with Gasteiger partial charge in [0.1, 0.15) is 5.82 Å². The fourth-order valence-corrected chi connectivity index (χ4v) is 3.09. The molecule has 1 amide bonds. The molecule has 2 heterocycles. The number of nitrogens with zero attached hydrogens (tertiary/aromatic N) is 3. The molecular weight excluding hydrogens is 335 g/mol. The molecule has 1 fully saturated rings. The van der Waals surface area contributed by atoms with E-state index in [1.807, 2.05) is 13.0 Å². The number of halogens is 1. The van der Waals surface area contributed by atoms with Gasteiger partial charge < -0.3 is 9.84 Å². The summed E-state index contributed by atoms with van der Waals surface area (Å²) in [6.45, 7) is 8.67. The van der Waals surface area contributed by atoms with E-state index >= 15 is 0 Å². The molecule has 0 aliphatic carbocycles. The number of aromatic nitrogens is 1. The first-order valence-electron chi connectivity index (χ1n) is 8.88. The lowest BCUT2D eigenvalue weighted by atomic mass is 10.1. The van der Waals surface area contributed by atoms with E-state index in [2.05, 4.69) is 20.3 Å². The number of nitrogens with one attached hydrogen (secondary N) is 1. The first kappa shape index (κ1) is 18.5. The summed E-state index contributed by atoms with van der Waals surface area (Å²) in [5.41, 5.74) is 2.39. The summed E-state index contributed by atoms with van der Waals surface area (Å²) in [6.07, 6.45) is 0. The lowest BCUT2D eigenvalue weighted by Gasteiger charge is -2.33. The zero-order chi connectivity index (χ0) is 18.5. The average Bonchev–Trinajstić information content (AvgIpc) is 3.02. The number of aryl methyl sites for hydroxylation is 2. The monoisotopic (exact) mass is 360 g/mol. The Labute approximate surface area is 152 Å². The molecule has 3 rings (SSSR count). The molecule has 26 heavy (non-hydrogen) atoms. The first-order valence-corrected chi connectivity index (χ1v) is 8.88. The predicted octanol–water partition coefficient (Wildman–Crippen LogP) is 1.86. The number of benzene rings is 1. The lowest BCUT2D eigenvalue weighted by molar-refractivity contribution is -0.122. The quantitative estimate of drug-likeness (QED) is 0.852. The first-order chi connectivity index (χ1) is 12.5. The highest BCUT2D eigenvalue weighted by Crippen LogP contribution is 2.10. The maximum absolute atomic E-state index is 13.3. The molecule has 140 valence electrons. The summed E-state index contributed by atoms with van der Waals surface area (Å²) in [7, 11) is 0. The Hall–Kier alpha value is -2.25. The summed E-state index contributed by atoms with van der Waals surface area (Å²) in [4.78, 5) is 16.6. The molecule has 1 saturated heterocycles. The van der Waals surface area contributed by atoms with Gasteiger partial charge >= 0.3 is 0 Å². The van der Waals surface area contributed by atoms with Gasteiger partial charge in [-0.2, -0.15) is 0 Å². The van der Waals surface area contributed by atoms with Crippen LogP contribution in [-0.4, -0.2) is 53.6 Å². The van der Waals surface area contributed by atoms with Crippen LogP contribution in [0.2, 0.25) is 0 Å². The van der Waals surface area contributed by atoms with Crippen molar-refractivity contribution in [3.63, 3.8) is 0 Å². The summed E-state index contributed by atoms with van der Waals surface area (Å²) in [5, 5.41) is 6.81. The second-order valence-corrected chi connectivity index (χ2v) is 6.85. The molecular formula is C19H25FN4O2. The van der Waals surface area contributed by atoms with Crippen LogP contribution in [0.25, 0.3) is 0 Å². The molecule has 0 unspecified atom stereocenters. The van der Waals surface area contributed by atoms with E-state index in [4.69, 9.17) is 4.52 Å². The molecule has 1 aromatic heterocycles. The van der Waals surface area contributed by atoms with Crippen molar-refractivity contribution in [1.29, 1.82) is 0 Å². The van der Waals surface area contributed by atoms with E-state index in [1.54, 1.807) is 19.1 Å². The molecule has 0 atom stereocenters. The average molecular weight is 360 g/mol. The van der Waals surface area contributed by atoms with Gasteiger partial charge in [0.05, 0.1) is 18.8 Å². The summed E-state index contributed by atoms with van der Waals surface area (Å²) < 4.78 is 18.5. The highest BCUT2D eigenvalue weighted by Gasteiger charge is 2.20. The van der Waals surface area contributed by atoms with Crippen LogP contribution in [0.15, 0.2) is 28.8 Å². The van der Waals surface area contributed by atoms with Gasteiger partial charge in [-0.05, 0) is 31.0 Å². The zero-order valence-corrected chi connectivity index (χ0v) is 15.3. The van der Waals surface area contributed by atoms with Crippen molar-refractivity contribution in [1.82, 2.24) is 20.3 Å². The van der Waals surface area contributed by atoms with Crippen molar-refractivity contribution < 1.29 is 13.7 Å². The Kier molecular flexibility index (Phi) is 6.00. The van der Waals surface area contributed by atoms with Crippen LogP contribution < -0.4 is 5.32 Å². The molecule has 1 aliphatic heterocycles. The van der Waals surface area contributed by atoms with Crippen molar-refractivity contribution in [2.75, 3.05) is 32.7 Å². The van der Waals surface area contributed by atoms with Gasteiger partial charge in [0.25, 0.3) is 0 Å². The number of carbonyl (C=O) groups is 1. The fourth-order valence-electron chi connectivity index (χ4n) is 3.09. The van der Waals surface area contributed by atoms with E-state index in [0.717, 1.165) is 49.7 Å². The molecule has 0 radical (unpaired) electrons. The normalized spacial score (nSPS) is 16.0. The summed E-state index contributed by atoms with van der Waals surface area (Å²) in [6, 6.07) is 6.86. The maximum atomic E-state index is 13.3. The van der Waals surface area contributed by atoms with Crippen molar-refractivity contribution in [2.45, 2.75) is 26.9 Å². The van der Waals surface area contributed by atoms with Crippen molar-refractivity contribution >= 4 is 5.91 Å². The summed E-state index contributed by atoms with van der Waals surface area (Å²) >= 11 is 0. The number of hydrogen-bond donors (Lipinski definition) is 1. The SMILES string of the molecule is Cc1cc(CN2CCN(CC(=O)NCc3ccc(F)c(C)c3)CC2)on1. The molecule has 2 aromatic rings. The highest BCUT2D eigenvalue weighted by molar-refractivity contribution is 5.78. The second-order valence-electron chi connectivity index (χ2n) is 6.85. The van der Waals surface area contributed by atoms with Gasteiger partial charge in [-0.1, -0.05) is 17.3 Å². The third kappa shape index (κ3) is 5.12. The molecule has 0 spiro atoms. The number of hydrogen-bond acceptors (Lipinski definition) is 5. The minimum Gasteiger partial charge on any atom is -0.360 e. The van der Waals surface area contributed by atoms with Gasteiger partial charge in [-0.15, -0.1) is 0 Å². The van der Waals surface area contributed by atoms with Crippen molar-refractivity contribution in [3.05, 3.63) is 52.7 Å². The van der Waals surface area contributed by atoms with Crippen LogP contribution in [0, 0.1) is 19.7 Å². The Morgan fingerprint density at radius 1 is 1.19 bits per heavy atom. The van der Waals surface area contributed by atoms with Gasteiger partial charge in [-0.25, -0.2) is 4.39 Å². The van der Waals surface area contributed by atoms with E-state index in [0.29, 0.717) is 18.7 Å². The van der Waals surface area contributed by atoms with Crippen LogP contribution in [0.5, 0.6) is 0 Å². The predicted molar refractivity (Wildman–Crippen MR) is 95.9 cm³/mol. The van der Waals surface area contributed by atoms with E-state index in [-0.39, 0.29) is 11.7 Å². The molecule has 6 nitrogen and oxygen atoms in total. The third-order valence-corrected chi connectivity index (χ3v) is 4.60. The summed E-state index contributed by atoms with van der Waals surface area (Å²) in [5.74, 6) is 0.646. The Bertz CT molecular complexity index is 754. The lowest BCUT2D eigenvalue weighted by Crippen LogP contribution is -2.49. The van der Waals surface area contributed by atoms with E-state index < -0.39 is 0 Å². The Morgan fingerprint density at radius 2 is 1.92 bits per heavy atom. The van der Waals surface area contributed by atoms with E-state index in [1.165, 1.54) is 6.07 Å². The standard InChI is InChI=1S/C19H25FN4O2/c1-14-9-16(3-4-18(14)20)11-21-19(25)13-24-7-5-23(6-8-24)12-17-10-15(2)22-26-17/h3-4,9-10H,5-8,11-13H2,1-2H3,(H,21,25). The van der Waals surface area contributed by atoms with Crippen LogP contribution >= 0.6 is 0 Å². The number of amides is 1. The van der Waals surface area contributed by atoms with Crippen LogP contribution in [0.1, 0.15) is 22.6 Å². The Balaban J connectivity index is 1.38. The Morgan fingerprint density at radius 3 is 2.58 bits per heavy atom. The van der Waals surface area contributed by atoms with Crippen LogP contribution in [0.3, 0.4) is 0 Å². The van der Waals surface area contributed by atoms with Crippen LogP contribution in [-0.2, 0) is 17.9 Å². The largest absolute Gasteiger partial charge is 0.360 e. The number of carbonyl (C=O) groups excluding carboxylic acids is 1. The second kappa shape index (κ2) is 8.42. The molecule has 0 saturated carbocycles. The van der Waals surface area contributed by atoms with Crippen LogP contribution in [0.4, 0.5) is 4.39 Å². The van der Waals surface area contributed by atoms with Crippen molar-refractivity contribution in [2.24, 2.45) is 0 Å². The minimum atomic E-state index is -0.224.